The van der Waals surface area contributed by atoms with E-state index in [-0.39, 0.29) is 18.0 Å². The first-order valence-electron chi connectivity index (χ1n) is 11.3. The molecule has 6 heteroatoms. The van der Waals surface area contributed by atoms with E-state index in [2.05, 4.69) is 5.32 Å². The Labute approximate surface area is 194 Å². The lowest BCUT2D eigenvalue weighted by Crippen LogP contribution is -2.33. The Morgan fingerprint density at radius 2 is 1.58 bits per heavy atom. The number of para-hydroxylation sites is 2. The molecule has 0 bridgehead atoms. The van der Waals surface area contributed by atoms with E-state index in [9.17, 15) is 5.11 Å². The monoisotopic (exact) mass is 446 g/mol. The van der Waals surface area contributed by atoms with E-state index in [1.807, 2.05) is 74.5 Å². The van der Waals surface area contributed by atoms with Crippen molar-refractivity contribution in [2.24, 2.45) is 4.99 Å². The highest BCUT2D eigenvalue weighted by Gasteiger charge is 2.29. The summed E-state index contributed by atoms with van der Waals surface area (Å²) >= 11 is 0. The van der Waals surface area contributed by atoms with Crippen molar-refractivity contribution < 1.29 is 19.3 Å². The fourth-order valence-electron chi connectivity index (χ4n) is 4.14. The molecule has 0 spiro atoms. The van der Waals surface area contributed by atoms with E-state index in [1.165, 1.54) is 0 Å². The molecule has 1 aliphatic heterocycles. The average Bonchev–Trinajstić information content (AvgIpc) is 2.86. The molecule has 0 amide bonds. The third kappa shape index (κ3) is 4.96. The second-order valence-electron chi connectivity index (χ2n) is 7.73. The number of hydrogen-bond acceptors (Lipinski definition) is 6. The van der Waals surface area contributed by atoms with Crippen LogP contribution in [0.4, 0.5) is 0 Å². The van der Waals surface area contributed by atoms with Crippen molar-refractivity contribution in [1.29, 1.82) is 0 Å². The summed E-state index contributed by atoms with van der Waals surface area (Å²) in [6.45, 7) is 4.98. The molecule has 0 unspecified atom stereocenters. The minimum Gasteiger partial charge on any atom is -0.504 e. The zero-order chi connectivity index (χ0) is 23.2. The molecule has 0 saturated heterocycles. The van der Waals surface area contributed by atoms with Crippen molar-refractivity contribution in [3.8, 4) is 23.0 Å². The summed E-state index contributed by atoms with van der Waals surface area (Å²) in [4.78, 5) is 5.04. The van der Waals surface area contributed by atoms with Crippen molar-refractivity contribution >= 4 is 5.71 Å². The molecule has 172 valence electrons. The Bertz CT molecular complexity index is 1110. The minimum atomic E-state index is -0.336. The summed E-state index contributed by atoms with van der Waals surface area (Å²) in [6, 6.07) is 21.3. The van der Waals surface area contributed by atoms with E-state index in [4.69, 9.17) is 19.2 Å². The van der Waals surface area contributed by atoms with Crippen LogP contribution in [0.2, 0.25) is 0 Å². The van der Waals surface area contributed by atoms with Crippen LogP contribution in [0.15, 0.2) is 71.7 Å². The Morgan fingerprint density at radius 3 is 2.30 bits per heavy atom. The first kappa shape index (κ1) is 22.7. The molecule has 0 aliphatic carbocycles. The van der Waals surface area contributed by atoms with Gasteiger partial charge in [0.05, 0.1) is 20.3 Å². The lowest BCUT2D eigenvalue weighted by molar-refractivity contribution is 0.313. The summed E-state index contributed by atoms with van der Waals surface area (Å²) in [6.07, 6.45) is 0.277. The predicted octanol–water partition coefficient (Wildman–Crippen LogP) is 5.42. The van der Waals surface area contributed by atoms with Crippen LogP contribution in [0.5, 0.6) is 23.0 Å². The van der Waals surface area contributed by atoms with Gasteiger partial charge in [0.1, 0.15) is 17.7 Å². The number of hydrogen-bond donors (Lipinski definition) is 2. The third-order valence-electron chi connectivity index (χ3n) is 5.68. The molecule has 0 saturated carbocycles. The van der Waals surface area contributed by atoms with Gasteiger partial charge in [0.15, 0.2) is 11.5 Å². The number of aliphatic imine (C=N–C) groups is 1. The van der Waals surface area contributed by atoms with Crippen molar-refractivity contribution in [2.75, 3.05) is 20.3 Å². The number of methoxy groups -OCH3 is 1. The highest BCUT2D eigenvalue weighted by molar-refractivity contribution is 6.01. The van der Waals surface area contributed by atoms with Gasteiger partial charge < -0.3 is 19.3 Å². The number of nitrogens with zero attached hydrogens (tertiary/aromatic N) is 1. The summed E-state index contributed by atoms with van der Waals surface area (Å²) in [5.41, 5.74) is 3.68. The molecular formula is C27H30N2O4. The molecule has 0 radical (unpaired) electrons. The first-order chi connectivity index (χ1) is 16.1. The molecule has 3 aromatic carbocycles. The molecular weight excluding hydrogens is 416 g/mol. The van der Waals surface area contributed by atoms with Crippen LogP contribution < -0.4 is 19.5 Å². The number of ether oxygens (including phenoxy) is 3. The molecule has 2 N–H and O–H groups in total. The van der Waals surface area contributed by atoms with Gasteiger partial charge in [-0.2, -0.15) is 0 Å². The van der Waals surface area contributed by atoms with E-state index in [0.717, 1.165) is 33.9 Å². The lowest BCUT2D eigenvalue weighted by Gasteiger charge is -2.31. The van der Waals surface area contributed by atoms with Crippen LogP contribution in [0.1, 0.15) is 49.2 Å². The fourth-order valence-corrected chi connectivity index (χ4v) is 4.14. The zero-order valence-corrected chi connectivity index (χ0v) is 19.2. The maximum absolute atomic E-state index is 10.9. The van der Waals surface area contributed by atoms with Gasteiger partial charge >= 0.3 is 0 Å². The van der Waals surface area contributed by atoms with Crippen LogP contribution in [0.3, 0.4) is 0 Å². The van der Waals surface area contributed by atoms with Crippen LogP contribution in [0, 0.1) is 0 Å². The van der Waals surface area contributed by atoms with Gasteiger partial charge in [0.2, 0.25) is 0 Å². The summed E-state index contributed by atoms with van der Waals surface area (Å²) in [5.74, 6) is 2.23. The van der Waals surface area contributed by atoms with Gasteiger partial charge in [-0.25, -0.2) is 0 Å². The van der Waals surface area contributed by atoms with E-state index in [1.54, 1.807) is 13.2 Å². The van der Waals surface area contributed by atoms with Crippen molar-refractivity contribution in [2.45, 2.75) is 32.5 Å². The van der Waals surface area contributed by atoms with Crippen LogP contribution >= 0.6 is 0 Å². The lowest BCUT2D eigenvalue weighted by atomic mass is 9.93. The highest BCUT2D eigenvalue weighted by Crippen LogP contribution is 2.40. The molecule has 0 fully saturated rings. The number of phenols is 1. The molecule has 0 aromatic heterocycles. The van der Waals surface area contributed by atoms with Gasteiger partial charge in [-0.3, -0.25) is 10.3 Å². The fraction of sp³-hybridized carbons (Fsp3) is 0.296. The van der Waals surface area contributed by atoms with Gasteiger partial charge in [-0.1, -0.05) is 30.3 Å². The molecule has 3 aromatic rings. The minimum absolute atomic E-state index is 0.156. The maximum Gasteiger partial charge on any atom is 0.162 e. The largest absolute Gasteiger partial charge is 0.504 e. The number of phenolic OH excluding ortho intramolecular Hbond substituents is 1. The predicted molar refractivity (Wildman–Crippen MR) is 130 cm³/mol. The van der Waals surface area contributed by atoms with Gasteiger partial charge in [0, 0.05) is 29.3 Å². The Morgan fingerprint density at radius 1 is 0.879 bits per heavy atom. The highest BCUT2D eigenvalue weighted by atomic mass is 16.5. The third-order valence-corrected chi connectivity index (χ3v) is 5.68. The van der Waals surface area contributed by atoms with E-state index < -0.39 is 0 Å². The quantitative estimate of drug-likeness (QED) is 0.483. The number of benzene rings is 3. The molecule has 4 rings (SSSR count). The van der Waals surface area contributed by atoms with Crippen molar-refractivity contribution in [1.82, 2.24) is 5.32 Å². The smallest absolute Gasteiger partial charge is 0.162 e. The molecule has 33 heavy (non-hydrogen) atoms. The SMILES string of the molecule is CCOc1ccc(C2=N[C@@H](c3ccccc3OC)N[C@H](c3cccc(OCC)c3O)C2)cc1. The second kappa shape index (κ2) is 10.4. The standard InChI is InChI=1S/C27H30N2O4/c1-4-32-19-15-13-18(14-16-19)22-17-23(20-10-8-12-25(26(20)30)33-5-2)29-27(28-22)21-9-6-7-11-24(21)31-3/h6-16,23,27,29-30H,4-5,17H2,1-3H3/t23-,27+/m0/s1. The van der Waals surface area contributed by atoms with Gasteiger partial charge in [0.25, 0.3) is 0 Å². The number of rotatable bonds is 8. The zero-order valence-electron chi connectivity index (χ0n) is 19.2. The Balaban J connectivity index is 1.75. The van der Waals surface area contributed by atoms with E-state index in [0.29, 0.717) is 25.4 Å². The number of aromatic hydroxyl groups is 1. The van der Waals surface area contributed by atoms with Crippen LogP contribution in [0.25, 0.3) is 0 Å². The summed E-state index contributed by atoms with van der Waals surface area (Å²) in [7, 11) is 1.66. The first-order valence-corrected chi connectivity index (χ1v) is 11.3. The normalized spacial score (nSPS) is 17.8. The maximum atomic E-state index is 10.9. The summed E-state index contributed by atoms with van der Waals surface area (Å²) < 4.78 is 16.8. The molecule has 1 aliphatic rings. The number of nitrogens with one attached hydrogen (secondary N) is 1. The van der Waals surface area contributed by atoms with Crippen LogP contribution in [-0.4, -0.2) is 31.1 Å². The van der Waals surface area contributed by atoms with Crippen molar-refractivity contribution in [3.63, 3.8) is 0 Å². The topological polar surface area (TPSA) is 72.3 Å². The van der Waals surface area contributed by atoms with E-state index >= 15 is 0 Å². The molecule has 2 atom stereocenters. The molecule has 6 nitrogen and oxygen atoms in total. The Kier molecular flexibility index (Phi) is 7.15. The van der Waals surface area contributed by atoms with Gasteiger partial charge in [-0.15, -0.1) is 0 Å². The summed E-state index contributed by atoms with van der Waals surface area (Å²) in [5, 5.41) is 14.5. The Hall–Kier alpha value is -3.51. The average molecular weight is 447 g/mol. The molecule has 1 heterocycles. The second-order valence-corrected chi connectivity index (χ2v) is 7.73. The van der Waals surface area contributed by atoms with Crippen molar-refractivity contribution in [3.05, 3.63) is 83.4 Å². The van der Waals surface area contributed by atoms with Crippen LogP contribution in [-0.2, 0) is 0 Å². The van der Waals surface area contributed by atoms with Gasteiger partial charge in [-0.05, 0) is 55.8 Å².